The molecule has 1 atom stereocenters. The highest BCUT2D eigenvalue weighted by atomic mass is 16.5. The molecule has 118 valence electrons. The van der Waals surface area contributed by atoms with E-state index in [4.69, 9.17) is 4.74 Å². The van der Waals surface area contributed by atoms with E-state index in [0.717, 1.165) is 0 Å². The Labute approximate surface area is 130 Å². The molecule has 1 aromatic rings. The van der Waals surface area contributed by atoms with Crippen molar-refractivity contribution < 1.29 is 14.3 Å². The molecule has 2 aliphatic rings. The minimum Gasteiger partial charge on any atom is -0.482 e. The second-order valence-electron chi connectivity index (χ2n) is 6.21. The number of rotatable bonds is 3. The lowest BCUT2D eigenvalue weighted by atomic mass is 9.84. The number of ether oxygens (including phenoxy) is 1. The molecule has 0 aromatic heterocycles. The summed E-state index contributed by atoms with van der Waals surface area (Å²) in [6, 6.07) is 5.32. The maximum absolute atomic E-state index is 12.4. The number of nitrogens with one attached hydrogen (secondary N) is 2. The van der Waals surface area contributed by atoms with Crippen LogP contribution in [-0.2, 0) is 4.79 Å². The van der Waals surface area contributed by atoms with Crippen molar-refractivity contribution in [3.05, 3.63) is 23.8 Å². The fourth-order valence-electron chi connectivity index (χ4n) is 3.27. The second-order valence-corrected chi connectivity index (χ2v) is 6.21. The minimum absolute atomic E-state index is 0.0251. The Morgan fingerprint density at radius 1 is 1.32 bits per heavy atom. The molecular weight excluding hydrogens is 280 g/mol. The summed E-state index contributed by atoms with van der Waals surface area (Å²) >= 11 is 0. The van der Waals surface area contributed by atoms with Gasteiger partial charge in [0.05, 0.1) is 5.69 Å². The van der Waals surface area contributed by atoms with Gasteiger partial charge in [0.25, 0.3) is 11.8 Å². The molecule has 0 bridgehead atoms. The normalized spacial score (nSPS) is 19.6. The first-order valence-electron chi connectivity index (χ1n) is 8.01. The molecule has 0 spiro atoms. The molecule has 0 radical (unpaired) electrons. The Kier molecular flexibility index (Phi) is 4.32. The van der Waals surface area contributed by atoms with Crippen LogP contribution >= 0.6 is 0 Å². The number of amides is 2. The monoisotopic (exact) mass is 302 g/mol. The van der Waals surface area contributed by atoms with Crippen LogP contribution in [-0.4, -0.2) is 24.5 Å². The van der Waals surface area contributed by atoms with Crippen molar-refractivity contribution in [3.8, 4) is 5.75 Å². The maximum atomic E-state index is 12.4. The van der Waals surface area contributed by atoms with Gasteiger partial charge in [0.1, 0.15) is 5.75 Å². The van der Waals surface area contributed by atoms with Crippen molar-refractivity contribution in [2.45, 2.75) is 45.1 Å². The van der Waals surface area contributed by atoms with E-state index in [-0.39, 0.29) is 24.5 Å². The number of hydrogen-bond acceptors (Lipinski definition) is 3. The summed E-state index contributed by atoms with van der Waals surface area (Å²) in [7, 11) is 0. The van der Waals surface area contributed by atoms with Gasteiger partial charge in [-0.3, -0.25) is 9.59 Å². The van der Waals surface area contributed by atoms with Crippen molar-refractivity contribution in [1.82, 2.24) is 5.32 Å². The molecule has 1 aromatic carbocycles. The highest BCUT2D eigenvalue weighted by Crippen LogP contribution is 2.29. The SMILES string of the molecule is C[C@@H](NC(=O)c1ccc2c(c1)NC(=O)CO2)C1CCCCC1. The number of hydrogen-bond donors (Lipinski definition) is 2. The van der Waals surface area contributed by atoms with E-state index in [1.807, 2.05) is 0 Å². The number of fused-ring (bicyclic) bond motifs is 1. The Morgan fingerprint density at radius 3 is 2.86 bits per heavy atom. The molecule has 5 heteroatoms. The minimum atomic E-state index is -0.194. The fraction of sp³-hybridized carbons (Fsp3) is 0.529. The summed E-state index contributed by atoms with van der Waals surface area (Å²) in [5, 5.41) is 5.82. The second kappa shape index (κ2) is 6.38. The first-order chi connectivity index (χ1) is 10.6. The van der Waals surface area contributed by atoms with Crippen LogP contribution < -0.4 is 15.4 Å². The van der Waals surface area contributed by atoms with Gasteiger partial charge in [0, 0.05) is 11.6 Å². The van der Waals surface area contributed by atoms with E-state index < -0.39 is 0 Å². The zero-order chi connectivity index (χ0) is 15.5. The van der Waals surface area contributed by atoms with Gasteiger partial charge in [-0.1, -0.05) is 19.3 Å². The number of anilines is 1. The van der Waals surface area contributed by atoms with Crippen LogP contribution in [0.3, 0.4) is 0 Å². The third-order valence-corrected chi connectivity index (χ3v) is 4.59. The van der Waals surface area contributed by atoms with Crippen molar-refractivity contribution in [2.24, 2.45) is 5.92 Å². The van der Waals surface area contributed by atoms with Crippen LogP contribution in [0.2, 0.25) is 0 Å². The zero-order valence-electron chi connectivity index (χ0n) is 12.9. The average Bonchev–Trinajstić information content (AvgIpc) is 2.54. The van der Waals surface area contributed by atoms with Gasteiger partial charge in [-0.05, 0) is 43.9 Å². The van der Waals surface area contributed by atoms with E-state index in [1.165, 1.54) is 32.1 Å². The van der Waals surface area contributed by atoms with Crippen molar-refractivity contribution >= 4 is 17.5 Å². The van der Waals surface area contributed by atoms with Gasteiger partial charge in [-0.25, -0.2) is 0 Å². The number of carbonyl (C=O) groups is 2. The van der Waals surface area contributed by atoms with Gasteiger partial charge in [0.15, 0.2) is 6.61 Å². The molecule has 2 amide bonds. The summed E-state index contributed by atoms with van der Waals surface area (Å²) in [5.74, 6) is 0.885. The third-order valence-electron chi connectivity index (χ3n) is 4.59. The van der Waals surface area contributed by atoms with E-state index >= 15 is 0 Å². The highest BCUT2D eigenvalue weighted by Gasteiger charge is 2.23. The van der Waals surface area contributed by atoms with Crippen LogP contribution in [0.5, 0.6) is 5.75 Å². The van der Waals surface area contributed by atoms with E-state index in [2.05, 4.69) is 17.6 Å². The van der Waals surface area contributed by atoms with E-state index in [1.54, 1.807) is 18.2 Å². The van der Waals surface area contributed by atoms with Crippen LogP contribution in [0.15, 0.2) is 18.2 Å². The van der Waals surface area contributed by atoms with E-state index in [0.29, 0.717) is 22.9 Å². The summed E-state index contributed by atoms with van der Waals surface area (Å²) in [6.45, 7) is 2.11. The van der Waals surface area contributed by atoms with Crippen molar-refractivity contribution in [1.29, 1.82) is 0 Å². The average molecular weight is 302 g/mol. The molecule has 22 heavy (non-hydrogen) atoms. The van der Waals surface area contributed by atoms with Crippen LogP contribution in [0.25, 0.3) is 0 Å². The van der Waals surface area contributed by atoms with Gasteiger partial charge in [-0.2, -0.15) is 0 Å². The summed E-state index contributed by atoms with van der Waals surface area (Å²) in [5.41, 5.74) is 1.11. The first kappa shape index (κ1) is 14.9. The van der Waals surface area contributed by atoms with Crippen LogP contribution in [0.1, 0.15) is 49.4 Å². The molecule has 1 aliphatic carbocycles. The van der Waals surface area contributed by atoms with Crippen molar-refractivity contribution in [2.75, 3.05) is 11.9 Å². The quantitative estimate of drug-likeness (QED) is 0.902. The first-order valence-corrected chi connectivity index (χ1v) is 8.01. The van der Waals surface area contributed by atoms with Gasteiger partial charge in [-0.15, -0.1) is 0 Å². The molecule has 5 nitrogen and oxygen atoms in total. The lowest BCUT2D eigenvalue weighted by Crippen LogP contribution is -2.39. The van der Waals surface area contributed by atoms with Gasteiger partial charge >= 0.3 is 0 Å². The van der Waals surface area contributed by atoms with Crippen LogP contribution in [0.4, 0.5) is 5.69 Å². The predicted octanol–water partition coefficient (Wildman–Crippen LogP) is 2.72. The van der Waals surface area contributed by atoms with Crippen molar-refractivity contribution in [3.63, 3.8) is 0 Å². The fourth-order valence-corrected chi connectivity index (χ4v) is 3.27. The van der Waals surface area contributed by atoms with E-state index in [9.17, 15) is 9.59 Å². The molecule has 3 rings (SSSR count). The molecular formula is C17H22N2O3. The zero-order valence-corrected chi connectivity index (χ0v) is 12.9. The van der Waals surface area contributed by atoms with Crippen LogP contribution in [0, 0.1) is 5.92 Å². The number of carbonyl (C=O) groups excluding carboxylic acids is 2. The molecule has 1 fully saturated rings. The molecule has 1 saturated carbocycles. The molecule has 1 aliphatic heterocycles. The summed E-state index contributed by atoms with van der Waals surface area (Å²) < 4.78 is 5.30. The molecule has 2 N–H and O–H groups in total. The Morgan fingerprint density at radius 2 is 2.09 bits per heavy atom. The standard InChI is InChI=1S/C17H22N2O3/c1-11(12-5-3-2-4-6-12)18-17(21)13-7-8-15-14(9-13)19-16(20)10-22-15/h7-9,11-12H,2-6,10H2,1H3,(H,18,21)(H,19,20)/t11-/m1/s1. The molecule has 0 saturated heterocycles. The number of benzene rings is 1. The lowest BCUT2D eigenvalue weighted by molar-refractivity contribution is -0.118. The highest BCUT2D eigenvalue weighted by molar-refractivity contribution is 5.99. The Hall–Kier alpha value is -2.04. The molecule has 1 heterocycles. The van der Waals surface area contributed by atoms with Gasteiger partial charge in [0.2, 0.25) is 0 Å². The Balaban J connectivity index is 1.67. The Bertz CT molecular complexity index is 579. The lowest BCUT2D eigenvalue weighted by Gasteiger charge is -2.28. The topological polar surface area (TPSA) is 67.4 Å². The summed E-state index contributed by atoms with van der Waals surface area (Å²) in [4.78, 5) is 23.8. The smallest absolute Gasteiger partial charge is 0.262 e. The predicted molar refractivity (Wildman–Crippen MR) is 84.1 cm³/mol. The maximum Gasteiger partial charge on any atom is 0.262 e. The third kappa shape index (κ3) is 3.24. The molecule has 0 unspecified atom stereocenters. The largest absolute Gasteiger partial charge is 0.482 e. The van der Waals surface area contributed by atoms with Gasteiger partial charge < -0.3 is 15.4 Å². The summed E-state index contributed by atoms with van der Waals surface area (Å²) in [6.07, 6.45) is 6.20.